The van der Waals surface area contributed by atoms with Crippen molar-refractivity contribution in [3.8, 4) is 0 Å². The van der Waals surface area contributed by atoms with Crippen LogP contribution in [0.5, 0.6) is 0 Å². The summed E-state index contributed by atoms with van der Waals surface area (Å²) in [6, 6.07) is 11.4. The summed E-state index contributed by atoms with van der Waals surface area (Å²) in [7, 11) is 2.12. The van der Waals surface area contributed by atoms with E-state index in [0.29, 0.717) is 12.1 Å². The van der Waals surface area contributed by atoms with Crippen LogP contribution in [0.3, 0.4) is 0 Å². The molecule has 0 bridgehead atoms. The third kappa shape index (κ3) is 4.66. The second-order valence-corrected chi connectivity index (χ2v) is 5.98. The summed E-state index contributed by atoms with van der Waals surface area (Å²) < 4.78 is 0. The highest BCUT2D eigenvalue weighted by Crippen LogP contribution is 2.28. The van der Waals surface area contributed by atoms with E-state index in [4.69, 9.17) is 4.99 Å². The van der Waals surface area contributed by atoms with Gasteiger partial charge in [-0.15, -0.1) is 0 Å². The molecule has 3 atom stereocenters. The van der Waals surface area contributed by atoms with Crippen molar-refractivity contribution < 1.29 is 0 Å². The third-order valence-corrected chi connectivity index (χ3v) is 4.11. The van der Waals surface area contributed by atoms with Gasteiger partial charge in [0, 0.05) is 31.4 Å². The minimum Gasteiger partial charge on any atom is -0.370 e. The topological polar surface area (TPSA) is 39.7 Å². The fourth-order valence-corrected chi connectivity index (χ4v) is 2.28. The molecule has 1 aliphatic carbocycles. The first-order chi connectivity index (χ1) is 10.1. The molecule has 4 heteroatoms. The van der Waals surface area contributed by atoms with Gasteiger partial charge < -0.3 is 15.5 Å². The Labute approximate surface area is 128 Å². The Kier molecular flexibility index (Phi) is 5.48. The summed E-state index contributed by atoms with van der Waals surface area (Å²) in [5.41, 5.74) is 1.23. The number of hydrogen-bond acceptors (Lipinski definition) is 2. The van der Waals surface area contributed by atoms with Crippen LogP contribution in [0, 0.1) is 5.92 Å². The van der Waals surface area contributed by atoms with E-state index in [1.165, 1.54) is 12.1 Å². The first-order valence-corrected chi connectivity index (χ1v) is 7.94. The maximum absolute atomic E-state index is 4.73. The second-order valence-electron chi connectivity index (χ2n) is 5.98. The highest BCUT2D eigenvalue weighted by atomic mass is 15.2. The van der Waals surface area contributed by atoms with Gasteiger partial charge in [-0.05, 0) is 38.3 Å². The van der Waals surface area contributed by atoms with Crippen molar-refractivity contribution in [3.05, 3.63) is 30.3 Å². The second kappa shape index (κ2) is 7.34. The van der Waals surface area contributed by atoms with Crippen molar-refractivity contribution in [1.29, 1.82) is 0 Å². The average Bonchev–Trinajstić information content (AvgIpc) is 3.20. The van der Waals surface area contributed by atoms with Crippen molar-refractivity contribution in [1.82, 2.24) is 10.6 Å². The molecule has 1 aliphatic rings. The van der Waals surface area contributed by atoms with E-state index in [1.54, 1.807) is 0 Å². The van der Waals surface area contributed by atoms with Crippen molar-refractivity contribution in [2.24, 2.45) is 10.9 Å². The zero-order valence-electron chi connectivity index (χ0n) is 13.6. The summed E-state index contributed by atoms with van der Waals surface area (Å²) in [5.74, 6) is 1.72. The monoisotopic (exact) mass is 288 g/mol. The highest BCUT2D eigenvalue weighted by Gasteiger charge is 2.33. The number of likely N-dealkylation sites (N-methyl/N-ethyl adjacent to an activating group) is 1. The van der Waals surface area contributed by atoms with Crippen LogP contribution in [0.25, 0.3) is 0 Å². The van der Waals surface area contributed by atoms with Crippen LogP contribution in [0.4, 0.5) is 5.69 Å². The van der Waals surface area contributed by atoms with Crippen molar-refractivity contribution in [3.63, 3.8) is 0 Å². The highest BCUT2D eigenvalue weighted by molar-refractivity contribution is 5.80. The number of aliphatic imine (C=N–C) groups is 1. The van der Waals surface area contributed by atoms with E-state index in [9.17, 15) is 0 Å². The Morgan fingerprint density at radius 1 is 1.38 bits per heavy atom. The predicted molar refractivity (Wildman–Crippen MR) is 91.0 cm³/mol. The van der Waals surface area contributed by atoms with Gasteiger partial charge in [0.1, 0.15) is 0 Å². The lowest BCUT2D eigenvalue weighted by Crippen LogP contribution is -2.40. The quantitative estimate of drug-likeness (QED) is 0.624. The maximum atomic E-state index is 4.73. The van der Waals surface area contributed by atoms with E-state index < -0.39 is 0 Å². The van der Waals surface area contributed by atoms with Gasteiger partial charge in [0.2, 0.25) is 0 Å². The van der Waals surface area contributed by atoms with Crippen LogP contribution in [0.1, 0.15) is 27.2 Å². The first-order valence-electron chi connectivity index (χ1n) is 7.94. The molecule has 4 nitrogen and oxygen atoms in total. The molecule has 2 rings (SSSR count). The number of nitrogens with one attached hydrogen (secondary N) is 2. The average molecular weight is 288 g/mol. The van der Waals surface area contributed by atoms with Crippen LogP contribution >= 0.6 is 0 Å². The molecule has 2 N–H and O–H groups in total. The van der Waals surface area contributed by atoms with Crippen molar-refractivity contribution in [2.45, 2.75) is 39.3 Å². The van der Waals surface area contributed by atoms with Gasteiger partial charge in [-0.1, -0.05) is 25.1 Å². The number of benzene rings is 1. The van der Waals surface area contributed by atoms with Crippen LogP contribution < -0.4 is 15.5 Å². The minimum absolute atomic E-state index is 0.361. The Balaban J connectivity index is 1.90. The lowest BCUT2D eigenvalue weighted by Gasteiger charge is -2.26. The Morgan fingerprint density at radius 3 is 2.62 bits per heavy atom. The molecule has 116 valence electrons. The van der Waals surface area contributed by atoms with E-state index in [-0.39, 0.29) is 0 Å². The van der Waals surface area contributed by atoms with E-state index in [0.717, 1.165) is 25.0 Å². The maximum Gasteiger partial charge on any atom is 0.191 e. The SMILES string of the molecule is CCNC(=NCC(C)N(C)c1ccccc1)NC1CC1C. The van der Waals surface area contributed by atoms with Crippen LogP contribution in [0.2, 0.25) is 0 Å². The summed E-state index contributed by atoms with van der Waals surface area (Å²) in [6.45, 7) is 8.26. The normalized spacial score (nSPS) is 22.6. The summed E-state index contributed by atoms with van der Waals surface area (Å²) >= 11 is 0. The van der Waals surface area contributed by atoms with Crippen molar-refractivity contribution >= 4 is 11.6 Å². The summed E-state index contributed by atoms with van der Waals surface area (Å²) in [4.78, 5) is 7.00. The van der Waals surface area contributed by atoms with E-state index in [2.05, 4.69) is 67.6 Å². The molecule has 0 heterocycles. The van der Waals surface area contributed by atoms with Gasteiger partial charge in [-0.3, -0.25) is 4.99 Å². The molecule has 1 aromatic rings. The molecular weight excluding hydrogens is 260 g/mol. The fourth-order valence-electron chi connectivity index (χ4n) is 2.28. The van der Waals surface area contributed by atoms with E-state index in [1.807, 2.05) is 6.07 Å². The van der Waals surface area contributed by atoms with Crippen LogP contribution in [-0.2, 0) is 0 Å². The van der Waals surface area contributed by atoms with Crippen LogP contribution in [0.15, 0.2) is 35.3 Å². The van der Waals surface area contributed by atoms with Gasteiger partial charge in [0.15, 0.2) is 5.96 Å². The predicted octanol–water partition coefficient (Wildman–Crippen LogP) is 2.47. The Hall–Kier alpha value is -1.71. The Morgan fingerprint density at radius 2 is 2.05 bits per heavy atom. The van der Waals surface area contributed by atoms with Gasteiger partial charge in [0.25, 0.3) is 0 Å². The summed E-state index contributed by atoms with van der Waals surface area (Å²) in [6.07, 6.45) is 1.25. The molecule has 0 saturated heterocycles. The number of para-hydroxylation sites is 1. The molecule has 0 radical (unpaired) electrons. The number of anilines is 1. The largest absolute Gasteiger partial charge is 0.370 e. The lowest BCUT2D eigenvalue weighted by molar-refractivity contribution is 0.684. The zero-order valence-corrected chi connectivity index (χ0v) is 13.6. The molecule has 1 aromatic carbocycles. The molecule has 0 amide bonds. The molecule has 0 spiro atoms. The van der Waals surface area contributed by atoms with Crippen molar-refractivity contribution in [2.75, 3.05) is 25.0 Å². The molecule has 3 unspecified atom stereocenters. The molecular formula is C17H28N4. The third-order valence-electron chi connectivity index (χ3n) is 4.11. The number of hydrogen-bond donors (Lipinski definition) is 2. The molecule has 1 fully saturated rings. The van der Waals surface area contributed by atoms with Gasteiger partial charge in [-0.25, -0.2) is 0 Å². The smallest absolute Gasteiger partial charge is 0.191 e. The van der Waals surface area contributed by atoms with Crippen LogP contribution in [-0.4, -0.2) is 38.2 Å². The summed E-state index contributed by atoms with van der Waals surface area (Å²) in [5, 5.41) is 6.82. The zero-order chi connectivity index (χ0) is 15.2. The van der Waals surface area contributed by atoms with Gasteiger partial charge in [-0.2, -0.15) is 0 Å². The lowest BCUT2D eigenvalue weighted by atomic mass is 10.2. The fraction of sp³-hybridized carbons (Fsp3) is 0.588. The van der Waals surface area contributed by atoms with E-state index >= 15 is 0 Å². The van der Waals surface area contributed by atoms with Gasteiger partial charge in [0.05, 0.1) is 6.54 Å². The number of guanidine groups is 1. The molecule has 1 saturated carbocycles. The number of rotatable bonds is 6. The molecule has 0 aromatic heterocycles. The first kappa shape index (κ1) is 15.7. The molecule has 21 heavy (non-hydrogen) atoms. The van der Waals surface area contributed by atoms with Gasteiger partial charge >= 0.3 is 0 Å². The number of nitrogens with zero attached hydrogens (tertiary/aromatic N) is 2. The molecule has 0 aliphatic heterocycles. The minimum atomic E-state index is 0.361. The Bertz CT molecular complexity index is 457. The standard InChI is InChI=1S/C17H28N4/c1-5-18-17(20-16-11-13(16)2)19-12-14(3)21(4)15-9-7-6-8-10-15/h6-10,13-14,16H,5,11-12H2,1-4H3,(H2,18,19,20).